The quantitative estimate of drug-likeness (QED) is 0.607. The molecule has 0 aliphatic carbocycles. The summed E-state index contributed by atoms with van der Waals surface area (Å²) in [4.78, 5) is 24.7. The summed E-state index contributed by atoms with van der Waals surface area (Å²) in [5, 5.41) is 2.81. The van der Waals surface area contributed by atoms with Crippen molar-refractivity contribution in [1.82, 2.24) is 4.31 Å². The van der Waals surface area contributed by atoms with E-state index in [0.717, 1.165) is 0 Å². The van der Waals surface area contributed by atoms with Crippen LogP contribution in [0.25, 0.3) is 0 Å². The molecular formula is C23H28N2O6S. The van der Waals surface area contributed by atoms with Crippen molar-refractivity contribution < 1.29 is 27.5 Å². The summed E-state index contributed by atoms with van der Waals surface area (Å²) in [5.41, 5.74) is 0.935. The van der Waals surface area contributed by atoms with Crippen molar-refractivity contribution in [3.8, 4) is 5.75 Å². The molecule has 1 heterocycles. The highest BCUT2D eigenvalue weighted by Gasteiger charge is 2.33. The SMILES string of the molecule is CCOC(=O)c1ccc(NC(=O)[C@@H]2CCCN(S(=O)(=O)c3ccc(OCC)cc3)C2)cc1. The maximum Gasteiger partial charge on any atom is 0.338 e. The predicted molar refractivity (Wildman–Crippen MR) is 120 cm³/mol. The number of hydrogen-bond donors (Lipinski definition) is 1. The lowest BCUT2D eigenvalue weighted by atomic mass is 9.98. The van der Waals surface area contributed by atoms with Gasteiger partial charge < -0.3 is 14.8 Å². The maximum absolute atomic E-state index is 13.0. The number of carbonyl (C=O) groups excluding carboxylic acids is 2. The molecule has 1 aliphatic rings. The predicted octanol–water partition coefficient (Wildman–Crippen LogP) is 3.30. The van der Waals surface area contributed by atoms with Crippen LogP contribution >= 0.6 is 0 Å². The third-order valence-electron chi connectivity index (χ3n) is 5.19. The highest BCUT2D eigenvalue weighted by atomic mass is 32.2. The van der Waals surface area contributed by atoms with Gasteiger partial charge in [0, 0.05) is 18.8 Å². The van der Waals surface area contributed by atoms with Gasteiger partial charge in [-0.1, -0.05) is 0 Å². The molecule has 8 nitrogen and oxygen atoms in total. The number of carbonyl (C=O) groups is 2. The van der Waals surface area contributed by atoms with Gasteiger partial charge in [-0.2, -0.15) is 4.31 Å². The van der Waals surface area contributed by atoms with E-state index in [9.17, 15) is 18.0 Å². The van der Waals surface area contributed by atoms with Gasteiger partial charge in [0.1, 0.15) is 5.75 Å². The van der Waals surface area contributed by atoms with Gasteiger partial charge in [-0.05, 0) is 75.2 Å². The second kappa shape index (κ2) is 10.6. The topological polar surface area (TPSA) is 102 Å². The van der Waals surface area contributed by atoms with E-state index in [0.29, 0.717) is 43.0 Å². The fourth-order valence-corrected chi connectivity index (χ4v) is 5.07. The van der Waals surface area contributed by atoms with Gasteiger partial charge >= 0.3 is 5.97 Å². The van der Waals surface area contributed by atoms with Crippen LogP contribution < -0.4 is 10.1 Å². The van der Waals surface area contributed by atoms with E-state index in [1.165, 1.54) is 16.4 Å². The first-order valence-corrected chi connectivity index (χ1v) is 12.1. The third-order valence-corrected chi connectivity index (χ3v) is 7.07. The summed E-state index contributed by atoms with van der Waals surface area (Å²) in [6.45, 7) is 4.86. The average molecular weight is 461 g/mol. The number of nitrogens with one attached hydrogen (secondary N) is 1. The summed E-state index contributed by atoms with van der Waals surface area (Å²) in [6.07, 6.45) is 1.19. The van der Waals surface area contributed by atoms with Crippen LogP contribution in [0.15, 0.2) is 53.4 Å². The Labute approximate surface area is 188 Å². The Morgan fingerprint density at radius 3 is 2.34 bits per heavy atom. The summed E-state index contributed by atoms with van der Waals surface area (Å²) in [6, 6.07) is 12.7. The lowest BCUT2D eigenvalue weighted by Gasteiger charge is -2.31. The van der Waals surface area contributed by atoms with E-state index in [1.807, 2.05) is 6.92 Å². The summed E-state index contributed by atoms with van der Waals surface area (Å²) in [5.74, 6) is -0.532. The Balaban J connectivity index is 1.64. The van der Waals surface area contributed by atoms with Gasteiger partial charge in [-0.15, -0.1) is 0 Å². The van der Waals surface area contributed by atoms with Gasteiger partial charge in [0.05, 0.1) is 29.6 Å². The molecule has 0 bridgehead atoms. The molecule has 1 aliphatic heterocycles. The van der Waals surface area contributed by atoms with Crippen LogP contribution in [0.3, 0.4) is 0 Å². The van der Waals surface area contributed by atoms with E-state index < -0.39 is 21.9 Å². The minimum absolute atomic E-state index is 0.113. The Morgan fingerprint density at radius 1 is 1.03 bits per heavy atom. The number of anilines is 1. The molecule has 1 saturated heterocycles. The van der Waals surface area contributed by atoms with Gasteiger partial charge in [0.2, 0.25) is 15.9 Å². The zero-order chi connectivity index (χ0) is 23.1. The van der Waals surface area contributed by atoms with Crippen LogP contribution in [0.4, 0.5) is 5.69 Å². The fraction of sp³-hybridized carbons (Fsp3) is 0.391. The first kappa shape index (κ1) is 23.7. The second-order valence-corrected chi connectivity index (χ2v) is 9.33. The van der Waals surface area contributed by atoms with E-state index in [2.05, 4.69) is 5.32 Å². The van der Waals surface area contributed by atoms with E-state index in [-0.39, 0.29) is 24.0 Å². The molecule has 0 radical (unpaired) electrons. The van der Waals surface area contributed by atoms with Crippen LogP contribution in [-0.4, -0.2) is 50.9 Å². The fourth-order valence-electron chi connectivity index (χ4n) is 3.55. The van der Waals surface area contributed by atoms with E-state index >= 15 is 0 Å². The molecule has 0 saturated carbocycles. The van der Waals surface area contributed by atoms with Gasteiger partial charge in [-0.25, -0.2) is 13.2 Å². The minimum Gasteiger partial charge on any atom is -0.494 e. The number of ether oxygens (including phenoxy) is 2. The molecule has 1 atom stereocenters. The normalized spacial score (nSPS) is 16.9. The van der Waals surface area contributed by atoms with Crippen molar-refractivity contribution in [2.75, 3.05) is 31.6 Å². The first-order chi connectivity index (χ1) is 15.3. The monoisotopic (exact) mass is 460 g/mol. The number of rotatable bonds is 8. The van der Waals surface area contributed by atoms with Crippen LogP contribution in [0, 0.1) is 5.92 Å². The molecule has 3 rings (SSSR count). The van der Waals surface area contributed by atoms with Crippen molar-refractivity contribution in [2.24, 2.45) is 5.92 Å². The maximum atomic E-state index is 13.0. The Hall–Kier alpha value is -2.91. The number of sulfonamides is 1. The number of hydrogen-bond acceptors (Lipinski definition) is 6. The molecule has 172 valence electrons. The summed E-state index contributed by atoms with van der Waals surface area (Å²) in [7, 11) is -3.71. The molecule has 1 fully saturated rings. The molecule has 1 N–H and O–H groups in total. The first-order valence-electron chi connectivity index (χ1n) is 10.7. The van der Waals surface area contributed by atoms with Crippen molar-refractivity contribution in [1.29, 1.82) is 0 Å². The molecule has 0 unspecified atom stereocenters. The molecule has 2 aromatic carbocycles. The largest absolute Gasteiger partial charge is 0.494 e. The lowest BCUT2D eigenvalue weighted by Crippen LogP contribution is -2.43. The molecule has 1 amide bonds. The van der Waals surface area contributed by atoms with Crippen molar-refractivity contribution in [3.05, 3.63) is 54.1 Å². The van der Waals surface area contributed by atoms with E-state index in [4.69, 9.17) is 9.47 Å². The standard InChI is InChI=1S/C23H28N2O6S/c1-3-30-20-11-13-21(14-12-20)32(28,29)25-15-5-6-18(16-25)22(26)24-19-9-7-17(8-10-19)23(27)31-4-2/h7-14,18H,3-6,15-16H2,1-2H3,(H,24,26)/t18-/m1/s1. The summed E-state index contributed by atoms with van der Waals surface area (Å²) >= 11 is 0. The van der Waals surface area contributed by atoms with Crippen molar-refractivity contribution in [2.45, 2.75) is 31.6 Å². The third kappa shape index (κ3) is 5.66. The molecule has 32 heavy (non-hydrogen) atoms. The Kier molecular flexibility index (Phi) is 7.87. The molecule has 2 aromatic rings. The van der Waals surface area contributed by atoms with Crippen LogP contribution in [0.5, 0.6) is 5.75 Å². The van der Waals surface area contributed by atoms with Gasteiger partial charge in [0.15, 0.2) is 0 Å². The summed E-state index contributed by atoms with van der Waals surface area (Å²) < 4.78 is 37.8. The van der Waals surface area contributed by atoms with Crippen molar-refractivity contribution >= 4 is 27.6 Å². The average Bonchev–Trinajstić information content (AvgIpc) is 2.80. The number of benzene rings is 2. The smallest absolute Gasteiger partial charge is 0.338 e. The van der Waals surface area contributed by atoms with E-state index in [1.54, 1.807) is 43.3 Å². The van der Waals surface area contributed by atoms with Crippen LogP contribution in [-0.2, 0) is 19.6 Å². The molecule has 0 spiro atoms. The molecule has 0 aromatic heterocycles. The number of amides is 1. The number of piperidine rings is 1. The molecule has 9 heteroatoms. The highest BCUT2D eigenvalue weighted by molar-refractivity contribution is 7.89. The zero-order valence-electron chi connectivity index (χ0n) is 18.2. The van der Waals surface area contributed by atoms with Crippen LogP contribution in [0.1, 0.15) is 37.0 Å². The number of esters is 1. The minimum atomic E-state index is -3.71. The second-order valence-electron chi connectivity index (χ2n) is 7.39. The lowest BCUT2D eigenvalue weighted by molar-refractivity contribution is -0.120. The van der Waals surface area contributed by atoms with Crippen LogP contribution in [0.2, 0.25) is 0 Å². The molecular weight excluding hydrogens is 432 g/mol. The number of nitrogens with zero attached hydrogens (tertiary/aromatic N) is 1. The Morgan fingerprint density at radius 2 is 1.72 bits per heavy atom. The highest BCUT2D eigenvalue weighted by Crippen LogP contribution is 2.26. The van der Waals surface area contributed by atoms with Gasteiger partial charge in [-0.3, -0.25) is 4.79 Å². The zero-order valence-corrected chi connectivity index (χ0v) is 19.1. The van der Waals surface area contributed by atoms with Gasteiger partial charge in [0.25, 0.3) is 0 Å². The van der Waals surface area contributed by atoms with Crippen molar-refractivity contribution in [3.63, 3.8) is 0 Å². The Bertz CT molecular complexity index is 1040.